The second-order valence-corrected chi connectivity index (χ2v) is 12.6. The summed E-state index contributed by atoms with van der Waals surface area (Å²) in [5, 5.41) is -3.56. The van der Waals surface area contributed by atoms with Crippen LogP contribution in [-0.2, 0) is 0 Å². The third kappa shape index (κ3) is 4.79. The minimum Gasteiger partial charge on any atom is -0.309 e. The Balaban J connectivity index is 1.39. The quantitative estimate of drug-likeness (QED) is 0.166. The molecule has 0 bridgehead atoms. The Kier molecular flexibility index (Phi) is 2.96. The van der Waals surface area contributed by atoms with Gasteiger partial charge in [0.1, 0.15) is 0 Å². The first kappa shape index (κ1) is 13.5. The van der Waals surface area contributed by atoms with Crippen LogP contribution in [0.25, 0.3) is 105 Å². The molecule has 0 atom stereocenters. The molecule has 0 unspecified atom stereocenters. The lowest BCUT2D eigenvalue weighted by Gasteiger charge is -2.16. The van der Waals surface area contributed by atoms with E-state index < -0.39 is 287 Å². The summed E-state index contributed by atoms with van der Waals surface area (Å²) in [6.07, 6.45) is 0. The van der Waals surface area contributed by atoms with Crippen molar-refractivity contribution in [3.05, 3.63) is 212 Å². The van der Waals surface area contributed by atoms with E-state index in [0.717, 1.165) is 31.9 Å². The van der Waals surface area contributed by atoms with E-state index in [1.165, 1.54) is 0 Å². The Morgan fingerprint density at radius 1 is 0.281 bits per heavy atom. The summed E-state index contributed by atoms with van der Waals surface area (Å²) >= 11 is 0. The van der Waals surface area contributed by atoms with Crippen molar-refractivity contribution < 1.29 is 43.9 Å². The maximum absolute atomic E-state index is 10.6. The van der Waals surface area contributed by atoms with E-state index in [9.17, 15) is 16.4 Å². The molecule has 0 fully saturated rings. The minimum absolute atomic E-state index is 0.352. The lowest BCUT2D eigenvalue weighted by Crippen LogP contribution is -2.01. The Labute approximate surface area is 374 Å². The molecule has 12 aromatic rings. The van der Waals surface area contributed by atoms with Crippen LogP contribution in [0, 0.1) is 0 Å². The van der Waals surface area contributed by atoms with Crippen molar-refractivity contribution >= 4 is 65.4 Å². The Bertz CT molecular complexity index is 5180. The molecule has 0 N–H and O–H groups in total. The highest BCUT2D eigenvalue weighted by Crippen LogP contribution is 2.42. The van der Waals surface area contributed by atoms with Crippen LogP contribution >= 0.6 is 0 Å². The second-order valence-electron chi connectivity index (χ2n) is 12.6. The monoisotopic (exact) mass is 757 g/mol. The van der Waals surface area contributed by atoms with Crippen LogP contribution in [0.5, 0.6) is 0 Å². The summed E-state index contributed by atoms with van der Waals surface area (Å²) in [4.78, 5) is 0. The van der Waals surface area contributed by atoms with E-state index in [1.807, 2.05) is 0 Å². The number of hydrogen-bond acceptors (Lipinski definition) is 0. The van der Waals surface area contributed by atoms with Gasteiger partial charge in [-0.15, -0.1) is 0 Å². The van der Waals surface area contributed by atoms with Gasteiger partial charge in [-0.25, -0.2) is 0 Å². The molecule has 3 heteroatoms. The fourth-order valence-corrected chi connectivity index (χ4v) is 7.27. The molecule has 0 spiro atoms. The van der Waals surface area contributed by atoms with Crippen molar-refractivity contribution in [3.8, 4) is 39.3 Å². The molecule has 3 aromatic heterocycles. The molecular weight excluding hydrogens is 691 g/mol. The number of fused-ring (bicyclic) bond motifs is 9. The van der Waals surface area contributed by atoms with Crippen LogP contribution in [0.15, 0.2) is 212 Å². The van der Waals surface area contributed by atoms with Crippen molar-refractivity contribution in [3.63, 3.8) is 0 Å². The Morgan fingerprint density at radius 3 is 1.28 bits per heavy atom. The van der Waals surface area contributed by atoms with E-state index >= 15 is 0 Å². The van der Waals surface area contributed by atoms with Crippen molar-refractivity contribution in [2.45, 2.75) is 0 Å². The zero-order chi connectivity index (χ0) is 65.3. The van der Waals surface area contributed by atoms with E-state index in [1.54, 1.807) is 0 Å². The van der Waals surface area contributed by atoms with Gasteiger partial charge in [0, 0.05) is 43.7 Å². The van der Waals surface area contributed by atoms with Crippen LogP contribution < -0.4 is 0 Å². The fourth-order valence-electron chi connectivity index (χ4n) is 7.27. The highest BCUT2D eigenvalue weighted by molar-refractivity contribution is 6.16. The standard InChI is InChI=1S/C54H35N3/c1-3-16-36(17-4-1)38-32-39(37-18-5-2-6-19-37)34-41(33-38)55-48-25-11-7-22-44(48)46-31-30-40(35-53(46)55)56-49-26-12-10-23-45(49)47-24-15-29-52(54(47)56)57-50-27-13-8-20-42(50)43-21-9-14-28-51(43)57/h1-35H/i1D,2D,3D,4D,5D,6D,7D,8D,9D,10D,11D,12D,13D,14D,15D,16D,17D,18D,19D,20D,21D,22D,23D,24D,25D,26D,27D,28D,29D,30D,31D,35D. The topological polar surface area (TPSA) is 14.8 Å². The molecule has 3 heterocycles. The minimum atomic E-state index is -1.09. The van der Waals surface area contributed by atoms with Gasteiger partial charge in [-0.1, -0.05) is 151 Å². The third-order valence-electron chi connectivity index (χ3n) is 9.57. The first-order valence-corrected chi connectivity index (χ1v) is 17.0. The number of benzene rings is 9. The normalized spacial score (nSPS) is 19.7. The van der Waals surface area contributed by atoms with Gasteiger partial charge in [0.25, 0.3) is 0 Å². The summed E-state index contributed by atoms with van der Waals surface area (Å²) < 4.78 is 294. The number of nitrogens with zero attached hydrogens (tertiary/aromatic N) is 3. The van der Waals surface area contributed by atoms with Crippen molar-refractivity contribution in [2.24, 2.45) is 0 Å². The lowest BCUT2D eigenvalue weighted by molar-refractivity contribution is 1.13. The average molecular weight is 758 g/mol. The largest absolute Gasteiger partial charge is 0.309 e. The summed E-state index contributed by atoms with van der Waals surface area (Å²) in [5.41, 5.74) is -8.08. The van der Waals surface area contributed by atoms with E-state index in [-0.39, 0.29) is 11.1 Å². The highest BCUT2D eigenvalue weighted by atomic mass is 15.1. The summed E-state index contributed by atoms with van der Waals surface area (Å²) in [6, 6.07) is -25.8. The van der Waals surface area contributed by atoms with Gasteiger partial charge in [0.05, 0.1) is 82.7 Å². The van der Waals surface area contributed by atoms with Crippen LogP contribution in [0.1, 0.15) is 43.9 Å². The molecule has 0 saturated heterocycles. The van der Waals surface area contributed by atoms with Gasteiger partial charge >= 0.3 is 0 Å². The average Bonchev–Trinajstić information content (AvgIpc) is 1.53. The molecule has 0 aliphatic rings. The molecule has 266 valence electrons. The molecular formula is C54H35N3. The summed E-state index contributed by atoms with van der Waals surface area (Å²) in [7, 11) is 0. The molecule has 0 aliphatic heterocycles. The van der Waals surface area contributed by atoms with Crippen LogP contribution in [0.4, 0.5) is 0 Å². The third-order valence-corrected chi connectivity index (χ3v) is 9.57. The molecule has 0 aliphatic carbocycles. The predicted molar refractivity (Wildman–Crippen MR) is 240 cm³/mol. The van der Waals surface area contributed by atoms with E-state index in [0.29, 0.717) is 0 Å². The SMILES string of the molecule is [2H]c1c([2H])c([2H])c(-c2cc(-c3c([2H])c([2H])c([2H])c([2H])c3[2H])cc(-n3c4c([2H])c([2H])c([2H])c([2H])c4c4c([2H])c([2H])c(-n5c6c([2H])c([2H])c([2H])c([2H])c6c6c([2H])c([2H])c([2H])c(-n7c8c([2H])c([2H])c([2H])c([2H])c8c8c([2H])c([2H])c([2H])c([2H])c87)c65)c([2H])c43)c2)c([2H])c1[2H]. The van der Waals surface area contributed by atoms with Crippen LogP contribution in [0.2, 0.25) is 0 Å². The van der Waals surface area contributed by atoms with Crippen LogP contribution in [-0.4, -0.2) is 13.7 Å². The second kappa shape index (κ2) is 12.5. The molecule has 9 aromatic carbocycles. The molecule has 57 heavy (non-hydrogen) atoms. The molecule has 3 nitrogen and oxygen atoms in total. The summed E-state index contributed by atoms with van der Waals surface area (Å²) in [6.45, 7) is 0. The predicted octanol–water partition coefficient (Wildman–Crippen LogP) is 14.3. The molecule has 12 rings (SSSR count). The van der Waals surface area contributed by atoms with Gasteiger partial charge in [-0.05, 0) is 82.7 Å². The Morgan fingerprint density at radius 2 is 0.719 bits per heavy atom. The van der Waals surface area contributed by atoms with Gasteiger partial charge in [-0.3, -0.25) is 0 Å². The van der Waals surface area contributed by atoms with Crippen LogP contribution in [0.3, 0.4) is 0 Å². The van der Waals surface area contributed by atoms with Crippen molar-refractivity contribution in [2.75, 3.05) is 0 Å². The van der Waals surface area contributed by atoms with Gasteiger partial charge < -0.3 is 13.7 Å². The van der Waals surface area contributed by atoms with Gasteiger partial charge in [0.15, 0.2) is 0 Å². The summed E-state index contributed by atoms with van der Waals surface area (Å²) in [5.74, 6) is 0. The van der Waals surface area contributed by atoms with E-state index in [2.05, 4.69) is 0 Å². The molecule has 0 radical (unpaired) electrons. The molecule has 0 saturated carbocycles. The van der Waals surface area contributed by atoms with Crippen molar-refractivity contribution in [1.29, 1.82) is 0 Å². The van der Waals surface area contributed by atoms with Gasteiger partial charge in [-0.2, -0.15) is 0 Å². The first-order chi connectivity index (χ1) is 41.6. The smallest absolute Gasteiger partial charge is 0.0782 e. The zero-order valence-electron chi connectivity index (χ0n) is 60.6. The van der Waals surface area contributed by atoms with Gasteiger partial charge in [0.2, 0.25) is 0 Å². The number of rotatable bonds is 5. The Hall–Kier alpha value is -7.62. The maximum Gasteiger partial charge on any atom is 0.0782 e. The zero-order valence-corrected chi connectivity index (χ0v) is 28.6. The van der Waals surface area contributed by atoms with Crippen molar-refractivity contribution in [1.82, 2.24) is 13.7 Å². The highest BCUT2D eigenvalue weighted by Gasteiger charge is 2.21. The van der Waals surface area contributed by atoms with E-state index in [4.69, 9.17) is 27.4 Å². The maximum atomic E-state index is 10.6. The fraction of sp³-hybridized carbons (Fsp3) is 0. The number of aromatic nitrogens is 3. The number of hydrogen-bond donors (Lipinski definition) is 0. The lowest BCUT2D eigenvalue weighted by atomic mass is 9.98. The molecule has 0 amide bonds. The first-order valence-electron chi connectivity index (χ1n) is 33.0. The number of para-hydroxylation sites is 5.